The number of aromatic nitrogens is 2. The molecule has 7 nitrogen and oxygen atoms in total. The molecule has 1 aliphatic heterocycles. The summed E-state index contributed by atoms with van der Waals surface area (Å²) in [5.41, 5.74) is 0.806. The molecule has 1 atom stereocenters. The van der Waals surface area contributed by atoms with Crippen LogP contribution >= 0.6 is 0 Å². The highest BCUT2D eigenvalue weighted by atomic mass is 16.5. The minimum absolute atomic E-state index is 0.101. The van der Waals surface area contributed by atoms with E-state index in [9.17, 15) is 4.79 Å². The maximum absolute atomic E-state index is 12.5. The van der Waals surface area contributed by atoms with Crippen LogP contribution in [0.1, 0.15) is 43.9 Å². The van der Waals surface area contributed by atoms with Gasteiger partial charge in [-0.25, -0.2) is 0 Å². The van der Waals surface area contributed by atoms with Crippen LogP contribution in [0.3, 0.4) is 0 Å². The minimum atomic E-state index is 0.101. The average molecular weight is 371 g/mol. The number of methoxy groups -OCH3 is 2. The number of ether oxygens (including phenoxy) is 2. The molecule has 0 radical (unpaired) electrons. The van der Waals surface area contributed by atoms with E-state index in [0.29, 0.717) is 35.7 Å². The lowest BCUT2D eigenvalue weighted by Crippen LogP contribution is -2.44. The van der Waals surface area contributed by atoms with Crippen LogP contribution in [0.15, 0.2) is 22.7 Å². The summed E-state index contributed by atoms with van der Waals surface area (Å²) in [6.45, 7) is 1.51. The van der Waals surface area contributed by atoms with E-state index in [0.717, 1.165) is 37.8 Å². The highest BCUT2D eigenvalue weighted by Crippen LogP contribution is 2.34. The van der Waals surface area contributed by atoms with Crippen molar-refractivity contribution in [2.45, 2.75) is 38.0 Å². The zero-order chi connectivity index (χ0) is 18.8. The van der Waals surface area contributed by atoms with Gasteiger partial charge in [0, 0.05) is 24.6 Å². The third-order valence-corrected chi connectivity index (χ3v) is 5.62. The summed E-state index contributed by atoms with van der Waals surface area (Å²) >= 11 is 0. The molecular formula is C20H25N3O4. The molecule has 1 saturated carbocycles. The summed E-state index contributed by atoms with van der Waals surface area (Å²) in [4.78, 5) is 19.1. The predicted octanol–water partition coefficient (Wildman–Crippen LogP) is 3.26. The maximum Gasteiger partial charge on any atom is 0.231 e. The fourth-order valence-corrected chi connectivity index (χ4v) is 3.79. The molecule has 1 aromatic carbocycles. The van der Waals surface area contributed by atoms with Crippen molar-refractivity contribution in [3.05, 3.63) is 24.1 Å². The lowest BCUT2D eigenvalue weighted by atomic mass is 9.83. The van der Waals surface area contributed by atoms with Gasteiger partial charge < -0.3 is 18.9 Å². The normalized spacial score (nSPS) is 20.2. The highest BCUT2D eigenvalue weighted by Gasteiger charge is 2.34. The topological polar surface area (TPSA) is 77.7 Å². The van der Waals surface area contributed by atoms with Crippen molar-refractivity contribution in [1.29, 1.82) is 0 Å². The standard InChI is InChI=1S/C20H25N3O4/c1-25-16-9-8-14(11-17(16)26-2)18-21-19(27-22-18)15-7-4-10-23(12-15)20(24)13-5-3-6-13/h8-9,11,13,15H,3-7,10,12H2,1-2H3. The number of hydrogen-bond donors (Lipinski definition) is 0. The Bertz CT molecular complexity index is 815. The van der Waals surface area contributed by atoms with Crippen LogP contribution < -0.4 is 9.47 Å². The molecule has 0 N–H and O–H groups in total. The van der Waals surface area contributed by atoms with Gasteiger partial charge in [-0.3, -0.25) is 4.79 Å². The van der Waals surface area contributed by atoms with Gasteiger partial charge in [-0.1, -0.05) is 11.6 Å². The Hall–Kier alpha value is -2.57. The second-order valence-electron chi connectivity index (χ2n) is 7.28. The van der Waals surface area contributed by atoms with E-state index in [2.05, 4.69) is 10.1 Å². The van der Waals surface area contributed by atoms with E-state index >= 15 is 0 Å². The Morgan fingerprint density at radius 3 is 2.67 bits per heavy atom. The largest absolute Gasteiger partial charge is 0.493 e. The summed E-state index contributed by atoms with van der Waals surface area (Å²) in [6.07, 6.45) is 5.17. The summed E-state index contributed by atoms with van der Waals surface area (Å²) < 4.78 is 16.2. The zero-order valence-corrected chi connectivity index (χ0v) is 15.8. The van der Waals surface area contributed by atoms with Crippen LogP contribution in [0.4, 0.5) is 0 Å². The molecule has 1 aliphatic carbocycles. The van der Waals surface area contributed by atoms with Crippen molar-refractivity contribution >= 4 is 5.91 Å². The van der Waals surface area contributed by atoms with Gasteiger partial charge in [0.05, 0.1) is 20.1 Å². The minimum Gasteiger partial charge on any atom is -0.493 e. The molecule has 27 heavy (non-hydrogen) atoms. The highest BCUT2D eigenvalue weighted by molar-refractivity contribution is 5.79. The van der Waals surface area contributed by atoms with Crippen molar-refractivity contribution in [2.24, 2.45) is 5.92 Å². The molecule has 1 aromatic heterocycles. The summed E-state index contributed by atoms with van der Waals surface area (Å²) in [6, 6.07) is 5.54. The van der Waals surface area contributed by atoms with Crippen molar-refractivity contribution in [3.8, 4) is 22.9 Å². The van der Waals surface area contributed by atoms with E-state index in [-0.39, 0.29) is 11.8 Å². The Kier molecular flexibility index (Phi) is 5.01. The predicted molar refractivity (Wildman–Crippen MR) is 98.7 cm³/mol. The summed E-state index contributed by atoms with van der Waals surface area (Å²) in [7, 11) is 3.20. The van der Waals surface area contributed by atoms with Gasteiger partial charge in [-0.05, 0) is 43.9 Å². The summed E-state index contributed by atoms with van der Waals surface area (Å²) in [5, 5.41) is 4.14. The maximum atomic E-state index is 12.5. The molecule has 2 heterocycles. The molecule has 2 fully saturated rings. The van der Waals surface area contributed by atoms with Gasteiger partial charge in [0.15, 0.2) is 11.5 Å². The first kappa shape index (κ1) is 17.8. The number of carbonyl (C=O) groups excluding carboxylic acids is 1. The number of piperidine rings is 1. The van der Waals surface area contributed by atoms with Gasteiger partial charge >= 0.3 is 0 Å². The van der Waals surface area contributed by atoms with Crippen LogP contribution in [0.2, 0.25) is 0 Å². The average Bonchev–Trinajstić information content (AvgIpc) is 3.16. The van der Waals surface area contributed by atoms with E-state index in [1.54, 1.807) is 14.2 Å². The first-order chi connectivity index (χ1) is 13.2. The number of hydrogen-bond acceptors (Lipinski definition) is 6. The molecule has 0 spiro atoms. The second kappa shape index (κ2) is 7.58. The Morgan fingerprint density at radius 1 is 1.15 bits per heavy atom. The zero-order valence-electron chi connectivity index (χ0n) is 15.8. The van der Waals surface area contributed by atoms with Crippen LogP contribution in [0, 0.1) is 5.92 Å². The fourth-order valence-electron chi connectivity index (χ4n) is 3.79. The Labute approximate surface area is 158 Å². The van der Waals surface area contributed by atoms with Gasteiger partial charge in [-0.2, -0.15) is 4.98 Å². The van der Waals surface area contributed by atoms with Gasteiger partial charge in [0.2, 0.25) is 17.6 Å². The third kappa shape index (κ3) is 3.50. The fraction of sp³-hybridized carbons (Fsp3) is 0.550. The smallest absolute Gasteiger partial charge is 0.231 e. The van der Waals surface area contributed by atoms with E-state index in [1.807, 2.05) is 23.1 Å². The van der Waals surface area contributed by atoms with Crippen LogP contribution in [0.5, 0.6) is 11.5 Å². The number of nitrogens with zero attached hydrogens (tertiary/aromatic N) is 3. The molecule has 7 heteroatoms. The second-order valence-corrected chi connectivity index (χ2v) is 7.28. The van der Waals surface area contributed by atoms with E-state index in [4.69, 9.17) is 14.0 Å². The third-order valence-electron chi connectivity index (χ3n) is 5.62. The van der Waals surface area contributed by atoms with Gasteiger partial charge in [0.1, 0.15) is 0 Å². The molecule has 144 valence electrons. The number of likely N-dealkylation sites (tertiary alicyclic amines) is 1. The molecule has 1 saturated heterocycles. The summed E-state index contributed by atoms with van der Waals surface area (Å²) in [5.74, 6) is 3.03. The monoisotopic (exact) mass is 371 g/mol. The van der Waals surface area contributed by atoms with Crippen molar-refractivity contribution in [3.63, 3.8) is 0 Å². The van der Waals surface area contributed by atoms with Crippen molar-refractivity contribution in [1.82, 2.24) is 15.0 Å². The number of carbonyl (C=O) groups is 1. The first-order valence-electron chi connectivity index (χ1n) is 9.54. The Morgan fingerprint density at radius 2 is 1.96 bits per heavy atom. The molecule has 1 amide bonds. The SMILES string of the molecule is COc1ccc(-c2noc(C3CCCN(C(=O)C4CCC4)C3)n2)cc1OC. The van der Waals surface area contributed by atoms with Gasteiger partial charge in [0.25, 0.3) is 0 Å². The number of rotatable bonds is 5. The van der Waals surface area contributed by atoms with Crippen LogP contribution in [0.25, 0.3) is 11.4 Å². The molecule has 1 unspecified atom stereocenters. The lowest BCUT2D eigenvalue weighted by Gasteiger charge is -2.36. The van der Waals surface area contributed by atoms with E-state index < -0.39 is 0 Å². The lowest BCUT2D eigenvalue weighted by molar-refractivity contribution is -0.139. The van der Waals surface area contributed by atoms with Crippen LogP contribution in [-0.4, -0.2) is 48.3 Å². The molecule has 0 bridgehead atoms. The molecule has 4 rings (SSSR count). The van der Waals surface area contributed by atoms with Gasteiger partial charge in [-0.15, -0.1) is 0 Å². The quantitative estimate of drug-likeness (QED) is 0.803. The first-order valence-corrected chi connectivity index (χ1v) is 9.54. The van der Waals surface area contributed by atoms with Crippen LogP contribution in [-0.2, 0) is 4.79 Å². The van der Waals surface area contributed by atoms with Crippen molar-refractivity contribution in [2.75, 3.05) is 27.3 Å². The van der Waals surface area contributed by atoms with E-state index in [1.165, 1.54) is 6.42 Å². The van der Waals surface area contributed by atoms with Crippen molar-refractivity contribution < 1.29 is 18.8 Å². The molecule has 2 aromatic rings. The molecular weight excluding hydrogens is 346 g/mol. The Balaban J connectivity index is 1.49. The molecule has 2 aliphatic rings. The number of amides is 1. The number of benzene rings is 1.